The lowest BCUT2D eigenvalue weighted by Gasteiger charge is -2.32. The zero-order valence-electron chi connectivity index (χ0n) is 19.1. The van der Waals surface area contributed by atoms with Crippen molar-refractivity contribution in [3.05, 3.63) is 23.3 Å². The minimum Gasteiger partial charge on any atom is -0.467 e. The molecule has 0 amide bonds. The summed E-state index contributed by atoms with van der Waals surface area (Å²) in [6.07, 6.45) is 0. The summed E-state index contributed by atoms with van der Waals surface area (Å²) in [6, 6.07) is 4.34. The maximum absolute atomic E-state index is 6.32. The first kappa shape index (κ1) is 22.3. The van der Waals surface area contributed by atoms with Gasteiger partial charge in [0.05, 0.1) is 11.2 Å². The van der Waals surface area contributed by atoms with E-state index in [9.17, 15) is 0 Å². The van der Waals surface area contributed by atoms with E-state index in [1.807, 2.05) is 0 Å². The lowest BCUT2D eigenvalue weighted by Crippen LogP contribution is -2.41. The highest BCUT2D eigenvalue weighted by Crippen LogP contribution is 2.41. The van der Waals surface area contributed by atoms with Crippen LogP contribution in [0.25, 0.3) is 0 Å². The Balaban J connectivity index is 2.64. The highest BCUT2D eigenvalue weighted by molar-refractivity contribution is 6.62. The van der Waals surface area contributed by atoms with E-state index in [-0.39, 0.29) is 28.8 Å². The van der Waals surface area contributed by atoms with Crippen LogP contribution in [0.15, 0.2) is 12.1 Å². The second-order valence-electron chi connectivity index (χ2n) is 10.6. The van der Waals surface area contributed by atoms with Crippen molar-refractivity contribution in [1.82, 2.24) is 0 Å². The monoisotopic (exact) mass is 376 g/mol. The SMILES string of the molecule is COCOc1c(C(C)(C)C)cc(B2OC(C)(C)C(C)(C)O2)cc1C(C)(C)C. The molecule has 0 N–H and O–H groups in total. The quantitative estimate of drug-likeness (QED) is 0.570. The van der Waals surface area contributed by atoms with Gasteiger partial charge in [0.15, 0.2) is 6.79 Å². The minimum atomic E-state index is -0.395. The van der Waals surface area contributed by atoms with Crippen LogP contribution in [0.3, 0.4) is 0 Å². The molecule has 0 aromatic heterocycles. The molecule has 5 heteroatoms. The normalized spacial score (nSPS) is 19.4. The summed E-state index contributed by atoms with van der Waals surface area (Å²) in [5, 5.41) is 0. The first-order valence-electron chi connectivity index (χ1n) is 9.76. The molecule has 152 valence electrons. The number of benzene rings is 1. The molecule has 1 aliphatic rings. The van der Waals surface area contributed by atoms with E-state index in [1.165, 1.54) is 0 Å². The van der Waals surface area contributed by atoms with Crippen LogP contribution in [0.4, 0.5) is 0 Å². The molecule has 0 spiro atoms. The number of hydrogen-bond donors (Lipinski definition) is 0. The van der Waals surface area contributed by atoms with Gasteiger partial charge in [0.1, 0.15) is 5.75 Å². The highest BCUT2D eigenvalue weighted by atomic mass is 16.7. The fourth-order valence-corrected chi connectivity index (χ4v) is 3.15. The third-order valence-electron chi connectivity index (χ3n) is 5.57. The largest absolute Gasteiger partial charge is 0.494 e. The lowest BCUT2D eigenvalue weighted by molar-refractivity contribution is 0.00578. The van der Waals surface area contributed by atoms with Crippen molar-refractivity contribution in [1.29, 1.82) is 0 Å². The standard InChI is InChI=1S/C22H37BO4/c1-19(2,3)16-12-15(23-26-21(7,8)22(9,10)27-23)13-17(20(4,5)6)18(16)25-14-24-11/h12-13H,14H2,1-11H3. The molecule has 4 nitrogen and oxygen atoms in total. The first-order valence-corrected chi connectivity index (χ1v) is 9.76. The van der Waals surface area contributed by atoms with Gasteiger partial charge >= 0.3 is 7.12 Å². The van der Waals surface area contributed by atoms with Gasteiger partial charge in [-0.25, -0.2) is 0 Å². The van der Waals surface area contributed by atoms with Gasteiger partial charge in [-0.15, -0.1) is 0 Å². The van der Waals surface area contributed by atoms with Gasteiger partial charge in [0, 0.05) is 7.11 Å². The zero-order chi connectivity index (χ0) is 20.8. The fourth-order valence-electron chi connectivity index (χ4n) is 3.15. The van der Waals surface area contributed by atoms with Gasteiger partial charge in [-0.05, 0) is 55.1 Å². The Labute approximate surface area is 166 Å². The molecule has 0 aliphatic carbocycles. The molecule has 1 fully saturated rings. The summed E-state index contributed by atoms with van der Waals surface area (Å²) in [4.78, 5) is 0. The lowest BCUT2D eigenvalue weighted by atomic mass is 9.71. The number of ether oxygens (including phenoxy) is 2. The second kappa shape index (κ2) is 7.09. The zero-order valence-corrected chi connectivity index (χ0v) is 19.1. The van der Waals surface area contributed by atoms with E-state index in [4.69, 9.17) is 18.8 Å². The third-order valence-corrected chi connectivity index (χ3v) is 5.57. The van der Waals surface area contributed by atoms with Crippen LogP contribution in [0.1, 0.15) is 80.4 Å². The summed E-state index contributed by atoms with van der Waals surface area (Å²) in [7, 11) is 1.25. The maximum atomic E-state index is 6.32. The van der Waals surface area contributed by atoms with Crippen molar-refractivity contribution < 1.29 is 18.8 Å². The Morgan fingerprint density at radius 3 is 1.59 bits per heavy atom. The van der Waals surface area contributed by atoms with E-state index < -0.39 is 7.12 Å². The fraction of sp³-hybridized carbons (Fsp3) is 0.727. The molecule has 0 atom stereocenters. The van der Waals surface area contributed by atoms with E-state index in [2.05, 4.69) is 81.4 Å². The van der Waals surface area contributed by atoms with Crippen molar-refractivity contribution in [3.8, 4) is 5.75 Å². The third kappa shape index (κ3) is 4.52. The summed E-state index contributed by atoms with van der Waals surface area (Å²) in [5.41, 5.74) is 2.38. The van der Waals surface area contributed by atoms with Gasteiger partial charge in [0.2, 0.25) is 0 Å². The van der Waals surface area contributed by atoms with E-state index in [0.29, 0.717) is 0 Å². The highest BCUT2D eigenvalue weighted by Gasteiger charge is 2.52. The predicted octanol–water partition coefficient (Wildman–Crippen LogP) is 4.56. The van der Waals surface area contributed by atoms with Crippen molar-refractivity contribution in [2.45, 2.75) is 91.3 Å². The van der Waals surface area contributed by atoms with Crippen molar-refractivity contribution in [2.24, 2.45) is 0 Å². The van der Waals surface area contributed by atoms with Gasteiger partial charge in [-0.1, -0.05) is 53.7 Å². The van der Waals surface area contributed by atoms with E-state index in [0.717, 1.165) is 22.3 Å². The van der Waals surface area contributed by atoms with Gasteiger partial charge in [-0.2, -0.15) is 0 Å². The molecule has 1 heterocycles. The smallest absolute Gasteiger partial charge is 0.467 e. The summed E-state index contributed by atoms with van der Waals surface area (Å²) >= 11 is 0. The van der Waals surface area contributed by atoms with Gasteiger partial charge < -0.3 is 18.8 Å². The molecular formula is C22H37BO4. The van der Waals surface area contributed by atoms with Gasteiger partial charge in [-0.3, -0.25) is 0 Å². The van der Waals surface area contributed by atoms with Crippen LogP contribution in [-0.4, -0.2) is 32.2 Å². The topological polar surface area (TPSA) is 36.9 Å². The van der Waals surface area contributed by atoms with Crippen LogP contribution in [0.5, 0.6) is 5.75 Å². The Hall–Kier alpha value is -1.04. The van der Waals surface area contributed by atoms with Crippen LogP contribution in [-0.2, 0) is 24.9 Å². The predicted molar refractivity (Wildman–Crippen MR) is 112 cm³/mol. The van der Waals surface area contributed by atoms with E-state index in [1.54, 1.807) is 7.11 Å². The molecule has 1 saturated heterocycles. The second-order valence-corrected chi connectivity index (χ2v) is 10.6. The van der Waals surface area contributed by atoms with Crippen LogP contribution < -0.4 is 10.2 Å². The average Bonchev–Trinajstić information content (AvgIpc) is 2.70. The minimum absolute atomic E-state index is 0.0945. The molecule has 0 bridgehead atoms. The van der Waals surface area contributed by atoms with Crippen molar-refractivity contribution >= 4 is 12.6 Å². The molecule has 1 aromatic carbocycles. The van der Waals surface area contributed by atoms with Crippen LogP contribution >= 0.6 is 0 Å². The number of rotatable bonds is 4. The number of methoxy groups -OCH3 is 1. The molecular weight excluding hydrogens is 339 g/mol. The average molecular weight is 376 g/mol. The Bertz CT molecular complexity index is 630. The summed E-state index contributed by atoms with van der Waals surface area (Å²) in [5.74, 6) is 0.900. The van der Waals surface area contributed by atoms with Gasteiger partial charge in [0.25, 0.3) is 0 Å². The van der Waals surface area contributed by atoms with Crippen LogP contribution in [0.2, 0.25) is 0 Å². The van der Waals surface area contributed by atoms with Crippen molar-refractivity contribution in [2.75, 3.05) is 13.9 Å². The molecule has 0 unspecified atom stereocenters. The van der Waals surface area contributed by atoms with E-state index >= 15 is 0 Å². The maximum Gasteiger partial charge on any atom is 0.494 e. The summed E-state index contributed by atoms with van der Waals surface area (Å²) < 4.78 is 23.9. The molecule has 1 aromatic rings. The van der Waals surface area contributed by atoms with Crippen molar-refractivity contribution in [3.63, 3.8) is 0 Å². The molecule has 2 rings (SSSR count). The Morgan fingerprint density at radius 1 is 0.852 bits per heavy atom. The summed E-state index contributed by atoms with van der Waals surface area (Å²) in [6.45, 7) is 21.7. The molecule has 0 saturated carbocycles. The Kier molecular flexibility index (Phi) is 5.85. The molecule has 0 radical (unpaired) electrons. The van der Waals surface area contributed by atoms with Crippen LogP contribution in [0, 0.1) is 0 Å². The number of hydrogen-bond acceptors (Lipinski definition) is 4. The Morgan fingerprint density at radius 2 is 1.26 bits per heavy atom. The molecule has 27 heavy (non-hydrogen) atoms. The first-order chi connectivity index (χ1) is 12.1. The molecule has 1 aliphatic heterocycles.